The molecule has 6 nitrogen and oxygen atoms in total. The van der Waals surface area contributed by atoms with Gasteiger partial charge in [-0.15, -0.1) is 0 Å². The van der Waals surface area contributed by atoms with Gasteiger partial charge in [0.1, 0.15) is 5.82 Å². The van der Waals surface area contributed by atoms with Gasteiger partial charge in [-0.05, 0) is 19.3 Å². The number of rotatable bonds is 5. The molecule has 6 heteroatoms. The minimum Gasteiger partial charge on any atom is -0.383 e. The van der Waals surface area contributed by atoms with Crippen molar-refractivity contribution in [3.63, 3.8) is 0 Å². The van der Waals surface area contributed by atoms with Gasteiger partial charge >= 0.3 is 0 Å². The number of anilines is 1. The Morgan fingerprint density at radius 3 is 2.65 bits per heavy atom. The first kappa shape index (κ1) is 14.6. The molecule has 0 bridgehead atoms. The molecule has 0 unspecified atom stereocenters. The van der Waals surface area contributed by atoms with E-state index in [9.17, 15) is 0 Å². The van der Waals surface area contributed by atoms with E-state index < -0.39 is 0 Å². The molecule has 2 rings (SSSR count). The van der Waals surface area contributed by atoms with Crippen LogP contribution >= 0.6 is 0 Å². The molecule has 20 heavy (non-hydrogen) atoms. The third-order valence-corrected chi connectivity index (χ3v) is 3.34. The van der Waals surface area contributed by atoms with E-state index in [1.54, 1.807) is 10.9 Å². The number of nitrogens with zero attached hydrogens (tertiary/aromatic N) is 4. The van der Waals surface area contributed by atoms with Gasteiger partial charge in [0.15, 0.2) is 0 Å². The van der Waals surface area contributed by atoms with Crippen molar-refractivity contribution in [3.8, 4) is 11.4 Å². The lowest BCUT2D eigenvalue weighted by molar-refractivity contribution is 0.275. The largest absolute Gasteiger partial charge is 0.383 e. The number of nitrogens with two attached hydrogens (primary N) is 1. The molecule has 2 aromatic rings. The first-order chi connectivity index (χ1) is 9.35. The second-order valence-corrected chi connectivity index (χ2v) is 6.16. The fourth-order valence-corrected chi connectivity index (χ4v) is 2.53. The standard InChI is InChI=1S/C14H23N5O/c1-6-19-11(15)10(8-16-19)12-17-13(20-18-12)14(4,5)7-9(2)3/h8-9H,6-7,15H2,1-5H3. The van der Waals surface area contributed by atoms with Crippen molar-refractivity contribution in [1.82, 2.24) is 19.9 Å². The normalized spacial score (nSPS) is 12.3. The second-order valence-electron chi connectivity index (χ2n) is 6.16. The van der Waals surface area contributed by atoms with E-state index in [1.807, 2.05) is 6.92 Å². The van der Waals surface area contributed by atoms with Crippen LogP contribution in [0.4, 0.5) is 5.82 Å². The lowest BCUT2D eigenvalue weighted by Crippen LogP contribution is -2.20. The Labute approximate surface area is 119 Å². The zero-order chi connectivity index (χ0) is 14.9. The number of hydrogen-bond donors (Lipinski definition) is 1. The Morgan fingerprint density at radius 2 is 2.10 bits per heavy atom. The van der Waals surface area contributed by atoms with Gasteiger partial charge in [-0.2, -0.15) is 10.1 Å². The molecule has 0 saturated carbocycles. The molecule has 0 amide bonds. The SMILES string of the molecule is CCn1ncc(-c2noc(C(C)(C)CC(C)C)n2)c1N. The van der Waals surface area contributed by atoms with Crippen molar-refractivity contribution in [2.45, 2.75) is 53.0 Å². The summed E-state index contributed by atoms with van der Waals surface area (Å²) in [6.07, 6.45) is 2.67. The highest BCUT2D eigenvalue weighted by Gasteiger charge is 2.29. The summed E-state index contributed by atoms with van der Waals surface area (Å²) >= 11 is 0. The van der Waals surface area contributed by atoms with Crippen LogP contribution in [0.25, 0.3) is 11.4 Å². The highest BCUT2D eigenvalue weighted by Crippen LogP contribution is 2.31. The maximum Gasteiger partial charge on any atom is 0.232 e. The average molecular weight is 277 g/mol. The molecule has 0 fully saturated rings. The Kier molecular flexibility index (Phi) is 3.83. The minimum absolute atomic E-state index is 0.144. The monoisotopic (exact) mass is 277 g/mol. The first-order valence-electron chi connectivity index (χ1n) is 7.01. The van der Waals surface area contributed by atoms with E-state index >= 15 is 0 Å². The molecule has 0 radical (unpaired) electrons. The van der Waals surface area contributed by atoms with Crippen molar-refractivity contribution < 1.29 is 4.52 Å². The van der Waals surface area contributed by atoms with Crippen molar-refractivity contribution >= 4 is 5.82 Å². The maximum absolute atomic E-state index is 6.02. The summed E-state index contributed by atoms with van der Waals surface area (Å²) in [5, 5.41) is 8.25. The van der Waals surface area contributed by atoms with Gasteiger partial charge in [-0.1, -0.05) is 32.9 Å². The van der Waals surface area contributed by atoms with Crippen LogP contribution in [0.1, 0.15) is 46.9 Å². The van der Waals surface area contributed by atoms with Crippen LogP contribution in [0.5, 0.6) is 0 Å². The Hall–Kier alpha value is -1.85. The smallest absolute Gasteiger partial charge is 0.232 e. The van der Waals surface area contributed by atoms with Crippen molar-refractivity contribution in [2.75, 3.05) is 5.73 Å². The molecule has 0 aliphatic carbocycles. The summed E-state index contributed by atoms with van der Waals surface area (Å²) in [5.41, 5.74) is 6.60. The summed E-state index contributed by atoms with van der Waals surface area (Å²) in [6.45, 7) is 11.3. The minimum atomic E-state index is -0.144. The van der Waals surface area contributed by atoms with E-state index in [0.29, 0.717) is 23.5 Å². The average Bonchev–Trinajstić information content (AvgIpc) is 2.93. The van der Waals surface area contributed by atoms with E-state index in [4.69, 9.17) is 10.3 Å². The summed E-state index contributed by atoms with van der Waals surface area (Å²) in [6, 6.07) is 0. The summed E-state index contributed by atoms with van der Waals surface area (Å²) in [5.74, 6) is 2.29. The molecule has 2 N–H and O–H groups in total. The van der Waals surface area contributed by atoms with Gasteiger partial charge in [0.2, 0.25) is 11.7 Å². The van der Waals surface area contributed by atoms with Crippen LogP contribution < -0.4 is 5.73 Å². The van der Waals surface area contributed by atoms with Crippen LogP contribution in [-0.4, -0.2) is 19.9 Å². The van der Waals surface area contributed by atoms with E-state index in [-0.39, 0.29) is 5.41 Å². The van der Waals surface area contributed by atoms with E-state index in [1.165, 1.54) is 0 Å². The van der Waals surface area contributed by atoms with Crippen LogP contribution in [0.2, 0.25) is 0 Å². The number of nitrogen functional groups attached to an aromatic ring is 1. The number of hydrogen-bond acceptors (Lipinski definition) is 5. The van der Waals surface area contributed by atoms with Gasteiger partial charge < -0.3 is 10.3 Å². The molecule has 0 aromatic carbocycles. The molecular weight excluding hydrogens is 254 g/mol. The molecule has 0 atom stereocenters. The predicted octanol–water partition coefficient (Wildman–Crippen LogP) is 2.86. The van der Waals surface area contributed by atoms with Crippen LogP contribution in [0, 0.1) is 5.92 Å². The number of aromatic nitrogens is 4. The van der Waals surface area contributed by atoms with E-state index in [0.717, 1.165) is 18.5 Å². The Balaban J connectivity index is 2.31. The summed E-state index contributed by atoms with van der Waals surface area (Å²) < 4.78 is 7.14. The predicted molar refractivity (Wildman–Crippen MR) is 78.1 cm³/mol. The quantitative estimate of drug-likeness (QED) is 0.908. The third kappa shape index (κ3) is 2.69. The molecule has 0 saturated heterocycles. The van der Waals surface area contributed by atoms with Crippen LogP contribution in [-0.2, 0) is 12.0 Å². The first-order valence-corrected chi connectivity index (χ1v) is 7.01. The van der Waals surface area contributed by atoms with E-state index in [2.05, 4.69) is 42.9 Å². The molecule has 2 aromatic heterocycles. The van der Waals surface area contributed by atoms with Gasteiger partial charge in [0.05, 0.1) is 11.8 Å². The molecule has 2 heterocycles. The van der Waals surface area contributed by atoms with Gasteiger partial charge in [-0.25, -0.2) is 4.68 Å². The van der Waals surface area contributed by atoms with Gasteiger partial charge in [0, 0.05) is 12.0 Å². The molecule has 0 aliphatic heterocycles. The van der Waals surface area contributed by atoms with Crippen molar-refractivity contribution in [3.05, 3.63) is 12.1 Å². The Morgan fingerprint density at radius 1 is 1.40 bits per heavy atom. The zero-order valence-electron chi connectivity index (χ0n) is 12.8. The summed E-state index contributed by atoms with van der Waals surface area (Å²) in [7, 11) is 0. The van der Waals surface area contributed by atoms with Gasteiger partial charge in [0.25, 0.3) is 0 Å². The lowest BCUT2D eigenvalue weighted by Gasteiger charge is -2.21. The summed E-state index contributed by atoms with van der Waals surface area (Å²) in [4.78, 5) is 4.50. The molecule has 110 valence electrons. The topological polar surface area (TPSA) is 82.8 Å². The highest BCUT2D eigenvalue weighted by atomic mass is 16.5. The molecule has 0 aliphatic rings. The molecular formula is C14H23N5O. The number of aryl methyl sites for hydroxylation is 1. The fraction of sp³-hybridized carbons (Fsp3) is 0.643. The van der Waals surface area contributed by atoms with Crippen LogP contribution in [0.15, 0.2) is 10.7 Å². The molecule has 0 spiro atoms. The van der Waals surface area contributed by atoms with Crippen molar-refractivity contribution in [1.29, 1.82) is 0 Å². The fourth-order valence-electron chi connectivity index (χ4n) is 2.53. The zero-order valence-corrected chi connectivity index (χ0v) is 12.8. The Bertz CT molecular complexity index is 582. The van der Waals surface area contributed by atoms with Gasteiger partial charge in [-0.3, -0.25) is 0 Å². The van der Waals surface area contributed by atoms with Crippen molar-refractivity contribution in [2.24, 2.45) is 5.92 Å². The van der Waals surface area contributed by atoms with Crippen LogP contribution in [0.3, 0.4) is 0 Å². The third-order valence-electron chi connectivity index (χ3n) is 3.34. The lowest BCUT2D eigenvalue weighted by atomic mass is 9.84. The highest BCUT2D eigenvalue weighted by molar-refractivity contribution is 5.67. The maximum atomic E-state index is 6.02. The second kappa shape index (κ2) is 5.26.